The van der Waals surface area contributed by atoms with Crippen LogP contribution < -0.4 is 5.73 Å². The molecule has 1 heterocycles. The topological polar surface area (TPSA) is 60.9 Å². The second-order valence-corrected chi connectivity index (χ2v) is 4.28. The van der Waals surface area contributed by atoms with Crippen molar-refractivity contribution in [1.29, 1.82) is 0 Å². The number of carbonyl (C=O) groups excluding carboxylic acids is 1. The standard InChI is InChI=1S/C14H17N3O/c1-2-3-13-16-8-9-17(13)10-11-4-6-12(7-5-11)14(15)18/h4-9H,2-3,10H2,1H3,(H2,15,18). The van der Waals surface area contributed by atoms with Gasteiger partial charge in [0.25, 0.3) is 0 Å². The van der Waals surface area contributed by atoms with E-state index in [4.69, 9.17) is 5.73 Å². The number of primary amides is 1. The molecule has 4 heteroatoms. The van der Waals surface area contributed by atoms with Crippen molar-refractivity contribution in [2.24, 2.45) is 5.73 Å². The van der Waals surface area contributed by atoms with Gasteiger partial charge in [-0.3, -0.25) is 4.79 Å². The lowest BCUT2D eigenvalue weighted by Gasteiger charge is -2.07. The summed E-state index contributed by atoms with van der Waals surface area (Å²) in [6, 6.07) is 7.37. The zero-order chi connectivity index (χ0) is 13.0. The summed E-state index contributed by atoms with van der Waals surface area (Å²) in [6.45, 7) is 2.91. The molecule has 4 nitrogen and oxygen atoms in total. The van der Waals surface area contributed by atoms with Crippen LogP contribution in [-0.2, 0) is 13.0 Å². The first-order valence-corrected chi connectivity index (χ1v) is 6.09. The number of nitrogens with two attached hydrogens (primary N) is 1. The molecule has 0 saturated heterocycles. The van der Waals surface area contributed by atoms with Crippen molar-refractivity contribution in [3.8, 4) is 0 Å². The molecule has 0 saturated carbocycles. The van der Waals surface area contributed by atoms with Crippen molar-refractivity contribution in [3.63, 3.8) is 0 Å². The Bertz CT molecular complexity index is 528. The molecular weight excluding hydrogens is 226 g/mol. The van der Waals surface area contributed by atoms with Crippen LogP contribution >= 0.6 is 0 Å². The zero-order valence-electron chi connectivity index (χ0n) is 10.5. The van der Waals surface area contributed by atoms with E-state index >= 15 is 0 Å². The summed E-state index contributed by atoms with van der Waals surface area (Å²) >= 11 is 0. The minimum atomic E-state index is -0.393. The van der Waals surface area contributed by atoms with Crippen LogP contribution in [0, 0.1) is 0 Å². The molecule has 0 aliphatic rings. The molecule has 0 radical (unpaired) electrons. The number of nitrogens with zero attached hydrogens (tertiary/aromatic N) is 2. The van der Waals surface area contributed by atoms with Crippen molar-refractivity contribution in [2.45, 2.75) is 26.3 Å². The molecule has 2 N–H and O–H groups in total. The van der Waals surface area contributed by atoms with Crippen LogP contribution in [0.4, 0.5) is 0 Å². The number of aromatic nitrogens is 2. The van der Waals surface area contributed by atoms with Gasteiger partial charge in [0.1, 0.15) is 5.82 Å². The monoisotopic (exact) mass is 243 g/mol. The second-order valence-electron chi connectivity index (χ2n) is 4.28. The van der Waals surface area contributed by atoms with E-state index in [1.165, 1.54) is 0 Å². The van der Waals surface area contributed by atoms with E-state index in [2.05, 4.69) is 16.5 Å². The minimum absolute atomic E-state index is 0.393. The molecule has 0 fully saturated rings. The molecule has 1 aromatic heterocycles. The molecular formula is C14H17N3O. The van der Waals surface area contributed by atoms with Crippen molar-refractivity contribution in [2.75, 3.05) is 0 Å². The van der Waals surface area contributed by atoms with Crippen LogP contribution in [-0.4, -0.2) is 15.5 Å². The molecule has 0 spiro atoms. The highest BCUT2D eigenvalue weighted by molar-refractivity contribution is 5.92. The first-order valence-electron chi connectivity index (χ1n) is 6.09. The van der Waals surface area contributed by atoms with Crippen LogP contribution in [0.5, 0.6) is 0 Å². The number of rotatable bonds is 5. The van der Waals surface area contributed by atoms with E-state index < -0.39 is 5.91 Å². The summed E-state index contributed by atoms with van der Waals surface area (Å²) in [4.78, 5) is 15.3. The van der Waals surface area contributed by atoms with Gasteiger partial charge >= 0.3 is 0 Å². The maximum Gasteiger partial charge on any atom is 0.248 e. The molecule has 1 amide bonds. The molecule has 2 aromatic rings. The van der Waals surface area contributed by atoms with Gasteiger partial charge in [-0.25, -0.2) is 4.98 Å². The first-order chi connectivity index (χ1) is 8.70. The van der Waals surface area contributed by atoms with Gasteiger partial charge < -0.3 is 10.3 Å². The third-order valence-electron chi connectivity index (χ3n) is 2.87. The lowest BCUT2D eigenvalue weighted by Crippen LogP contribution is -2.11. The molecule has 94 valence electrons. The Kier molecular flexibility index (Phi) is 3.77. The summed E-state index contributed by atoms with van der Waals surface area (Å²) in [7, 11) is 0. The van der Waals surface area contributed by atoms with Gasteiger partial charge in [0.15, 0.2) is 0 Å². The fourth-order valence-corrected chi connectivity index (χ4v) is 1.91. The summed E-state index contributed by atoms with van der Waals surface area (Å²) in [6.07, 6.45) is 5.86. The maximum absolute atomic E-state index is 11.0. The number of carbonyl (C=O) groups is 1. The SMILES string of the molecule is CCCc1nccn1Cc1ccc(C(N)=O)cc1. The highest BCUT2D eigenvalue weighted by Gasteiger charge is 2.04. The van der Waals surface area contributed by atoms with Crippen molar-refractivity contribution in [3.05, 3.63) is 53.6 Å². The highest BCUT2D eigenvalue weighted by Crippen LogP contribution is 2.09. The van der Waals surface area contributed by atoms with E-state index in [1.54, 1.807) is 12.1 Å². The molecule has 0 aliphatic carbocycles. The number of hydrogen-bond acceptors (Lipinski definition) is 2. The van der Waals surface area contributed by atoms with Crippen LogP contribution in [0.25, 0.3) is 0 Å². The van der Waals surface area contributed by atoms with Crippen molar-refractivity contribution < 1.29 is 4.79 Å². The summed E-state index contributed by atoms with van der Waals surface area (Å²) < 4.78 is 2.13. The summed E-state index contributed by atoms with van der Waals surface area (Å²) in [5, 5.41) is 0. The first kappa shape index (κ1) is 12.4. The quantitative estimate of drug-likeness (QED) is 0.872. The molecule has 1 aromatic carbocycles. The Morgan fingerprint density at radius 3 is 2.67 bits per heavy atom. The van der Waals surface area contributed by atoms with Crippen LogP contribution in [0.1, 0.15) is 35.1 Å². The van der Waals surface area contributed by atoms with Crippen molar-refractivity contribution in [1.82, 2.24) is 9.55 Å². The normalized spacial score (nSPS) is 10.5. The highest BCUT2D eigenvalue weighted by atomic mass is 16.1. The molecule has 0 unspecified atom stereocenters. The Balaban J connectivity index is 2.13. The van der Waals surface area contributed by atoms with Gasteiger partial charge in [-0.05, 0) is 24.1 Å². The lowest BCUT2D eigenvalue weighted by atomic mass is 10.1. The average Bonchev–Trinajstić information content (AvgIpc) is 2.78. The predicted molar refractivity (Wildman–Crippen MR) is 70.3 cm³/mol. The number of hydrogen-bond donors (Lipinski definition) is 1. The average molecular weight is 243 g/mol. The van der Waals surface area contributed by atoms with Gasteiger partial charge in [-0.15, -0.1) is 0 Å². The number of amides is 1. The van der Waals surface area contributed by atoms with Crippen LogP contribution in [0.3, 0.4) is 0 Å². The number of benzene rings is 1. The Morgan fingerprint density at radius 1 is 1.33 bits per heavy atom. The third kappa shape index (κ3) is 2.77. The second kappa shape index (κ2) is 5.49. The third-order valence-corrected chi connectivity index (χ3v) is 2.87. The predicted octanol–water partition coefficient (Wildman–Crippen LogP) is 1.98. The van der Waals surface area contributed by atoms with E-state index in [0.29, 0.717) is 5.56 Å². The summed E-state index contributed by atoms with van der Waals surface area (Å²) in [5.41, 5.74) is 6.88. The molecule has 0 aliphatic heterocycles. The van der Waals surface area contributed by atoms with Crippen LogP contribution in [0.15, 0.2) is 36.7 Å². The summed E-state index contributed by atoms with van der Waals surface area (Å²) in [5.74, 6) is 0.701. The van der Waals surface area contributed by atoms with Crippen molar-refractivity contribution >= 4 is 5.91 Å². The van der Waals surface area contributed by atoms with Gasteiger partial charge in [-0.2, -0.15) is 0 Å². The van der Waals surface area contributed by atoms with Gasteiger partial charge in [-0.1, -0.05) is 19.1 Å². The smallest absolute Gasteiger partial charge is 0.248 e. The molecule has 18 heavy (non-hydrogen) atoms. The van der Waals surface area contributed by atoms with Gasteiger partial charge in [0.2, 0.25) is 5.91 Å². The maximum atomic E-state index is 11.0. The Hall–Kier alpha value is -2.10. The lowest BCUT2D eigenvalue weighted by molar-refractivity contribution is 0.100. The van der Waals surface area contributed by atoms with E-state index in [-0.39, 0.29) is 0 Å². The van der Waals surface area contributed by atoms with Crippen LogP contribution in [0.2, 0.25) is 0 Å². The number of aryl methyl sites for hydroxylation is 1. The van der Waals surface area contributed by atoms with Gasteiger partial charge in [0.05, 0.1) is 0 Å². The largest absolute Gasteiger partial charge is 0.366 e. The van der Waals surface area contributed by atoms with E-state index in [9.17, 15) is 4.79 Å². The molecule has 0 atom stereocenters. The fourth-order valence-electron chi connectivity index (χ4n) is 1.91. The zero-order valence-corrected chi connectivity index (χ0v) is 10.5. The van der Waals surface area contributed by atoms with E-state index in [1.807, 2.05) is 24.5 Å². The molecule has 2 rings (SSSR count). The Labute approximate surface area is 106 Å². The number of imidazole rings is 1. The van der Waals surface area contributed by atoms with Gasteiger partial charge in [0, 0.05) is 30.9 Å². The minimum Gasteiger partial charge on any atom is -0.366 e. The Morgan fingerprint density at radius 2 is 2.06 bits per heavy atom. The fraction of sp³-hybridized carbons (Fsp3) is 0.286. The van der Waals surface area contributed by atoms with E-state index in [0.717, 1.165) is 30.8 Å². The molecule has 0 bridgehead atoms.